The first-order valence-corrected chi connectivity index (χ1v) is 33.9. The molecule has 15 aromatic rings. The monoisotopic (exact) mass is 1250 g/mol. The van der Waals surface area contributed by atoms with Crippen LogP contribution in [0.4, 0.5) is 0 Å². The lowest BCUT2D eigenvalue weighted by Crippen LogP contribution is -2.29. The molecule has 0 radical (unpaired) electrons. The van der Waals surface area contributed by atoms with E-state index in [1.807, 2.05) is 0 Å². The molecule has 0 nitrogen and oxygen atoms in total. The first kappa shape index (κ1) is 60.5. The Kier molecular flexibility index (Phi) is 16.5. The molecule has 0 unspecified atom stereocenters. The van der Waals surface area contributed by atoms with Crippen molar-refractivity contribution in [1.29, 1.82) is 0 Å². The van der Waals surface area contributed by atoms with E-state index in [9.17, 15) is 0 Å². The second-order valence-corrected chi connectivity index (χ2v) is 25.6. The van der Waals surface area contributed by atoms with Crippen LogP contribution in [0.3, 0.4) is 0 Å². The molecule has 462 valence electrons. The molecule has 0 heterocycles. The molecule has 0 saturated carbocycles. The molecule has 1 aliphatic carbocycles. The van der Waals surface area contributed by atoms with Crippen LogP contribution < -0.4 is 0 Å². The van der Waals surface area contributed by atoms with Gasteiger partial charge in [-0.1, -0.05) is 292 Å². The summed E-state index contributed by atoms with van der Waals surface area (Å²) in [6, 6.07) is 139. The van der Waals surface area contributed by atoms with Crippen LogP contribution in [0, 0.1) is 0 Å². The molecule has 0 bridgehead atoms. The van der Waals surface area contributed by atoms with E-state index in [0.717, 1.165) is 161 Å². The van der Waals surface area contributed by atoms with Gasteiger partial charge in [0.1, 0.15) is 0 Å². The van der Waals surface area contributed by atoms with Crippen molar-refractivity contribution in [2.75, 3.05) is 0 Å². The molecule has 0 atom stereocenters. The van der Waals surface area contributed by atoms with Gasteiger partial charge < -0.3 is 0 Å². The van der Waals surface area contributed by atoms with Gasteiger partial charge in [-0.2, -0.15) is 0 Å². The zero-order chi connectivity index (χ0) is 65.8. The molecule has 16 rings (SSSR count). The Labute approximate surface area is 576 Å². The molecule has 0 N–H and O–H groups in total. The quantitative estimate of drug-likeness (QED) is 0.0960. The molecule has 0 amide bonds. The van der Waals surface area contributed by atoms with Gasteiger partial charge in [0.15, 0.2) is 0 Å². The highest BCUT2D eigenvalue weighted by Crippen LogP contribution is 2.59. The van der Waals surface area contributed by atoms with Crippen molar-refractivity contribution < 1.29 is 0 Å². The van der Waals surface area contributed by atoms with Gasteiger partial charge in [-0.3, -0.25) is 0 Å². The van der Waals surface area contributed by atoms with Gasteiger partial charge in [-0.05, 0) is 283 Å². The molecule has 0 aromatic heterocycles. The van der Waals surface area contributed by atoms with Crippen LogP contribution in [0.1, 0.15) is 29.2 Å². The highest BCUT2D eigenvalue weighted by atomic mass is 14.5. The standard InChI is InChI=1S/C98H70/c1-3-4-48-96-68(2)95-47-29-30-49-97(95)98(96,93-64-89(85-54-77(69-31-13-5-14-32-69)50-78(55-85)70-33-15-6-16-34-70)62-90(65-93)86-56-79(71-35-17-7-18-36-71)51-80(57-86)72-37-19-8-20-38-72)94-66-91(87-58-81(73-39-21-9-22-40-73)52-82(59-87)74-41-23-10-24-42-74)63-92(67-94)88-60-83(75-43-25-11-26-44-75)53-84(61-88)76-45-27-12-28-46-76/h3-67H,2H2,1H3. The molecule has 1 aliphatic rings. The van der Waals surface area contributed by atoms with E-state index in [1.165, 1.54) is 5.56 Å². The summed E-state index contributed by atoms with van der Waals surface area (Å²) in [7, 11) is 0. The van der Waals surface area contributed by atoms with Crippen LogP contribution in [0.5, 0.6) is 0 Å². The lowest BCUT2D eigenvalue weighted by molar-refractivity contribution is 0.770. The van der Waals surface area contributed by atoms with Crippen molar-refractivity contribution in [3.8, 4) is 134 Å². The van der Waals surface area contributed by atoms with Gasteiger partial charge in [0.05, 0.1) is 5.41 Å². The first-order valence-electron chi connectivity index (χ1n) is 33.9. The predicted molar refractivity (Wildman–Crippen MR) is 416 cm³/mol. The van der Waals surface area contributed by atoms with Crippen LogP contribution >= 0.6 is 0 Å². The van der Waals surface area contributed by atoms with Crippen LogP contribution in [0.15, 0.2) is 406 Å². The van der Waals surface area contributed by atoms with Gasteiger partial charge in [0.2, 0.25) is 0 Å². The number of hydrogen-bond donors (Lipinski definition) is 0. The molecular weight excluding hydrogens is 1180 g/mol. The third-order valence-corrected chi connectivity index (χ3v) is 19.5. The van der Waals surface area contributed by atoms with Gasteiger partial charge >= 0.3 is 0 Å². The third-order valence-electron chi connectivity index (χ3n) is 19.5. The Morgan fingerprint density at radius 2 is 0.398 bits per heavy atom. The molecule has 0 spiro atoms. The number of rotatable bonds is 15. The van der Waals surface area contributed by atoms with Crippen molar-refractivity contribution in [3.05, 3.63) is 429 Å². The number of allylic oxidation sites excluding steroid dienone is 5. The molecule has 0 heteroatoms. The van der Waals surface area contributed by atoms with Crippen molar-refractivity contribution in [2.45, 2.75) is 12.3 Å². The Bertz CT molecular complexity index is 4630. The fourth-order valence-electron chi connectivity index (χ4n) is 14.7. The van der Waals surface area contributed by atoms with Crippen LogP contribution in [-0.4, -0.2) is 0 Å². The maximum absolute atomic E-state index is 5.16. The van der Waals surface area contributed by atoms with E-state index in [0.29, 0.717) is 0 Å². The summed E-state index contributed by atoms with van der Waals surface area (Å²) in [6.45, 7) is 7.27. The highest BCUT2D eigenvalue weighted by molar-refractivity contribution is 5.97. The van der Waals surface area contributed by atoms with E-state index in [-0.39, 0.29) is 0 Å². The van der Waals surface area contributed by atoms with Crippen LogP contribution in [-0.2, 0) is 5.41 Å². The average molecular weight is 1250 g/mol. The summed E-state index contributed by atoms with van der Waals surface area (Å²) >= 11 is 0. The zero-order valence-electron chi connectivity index (χ0n) is 54.7. The van der Waals surface area contributed by atoms with E-state index in [1.54, 1.807) is 0 Å². The minimum atomic E-state index is -0.972. The fourth-order valence-corrected chi connectivity index (χ4v) is 14.7. The molecular formula is C98H70. The molecule has 0 saturated heterocycles. The van der Waals surface area contributed by atoms with Crippen molar-refractivity contribution >= 4 is 5.57 Å². The second-order valence-electron chi connectivity index (χ2n) is 25.6. The SMILES string of the molecule is C=C1C(=CC=CC)C(c2cc(-c3cc(-c4ccccc4)cc(-c4ccccc4)c3)cc(-c3cc(-c4ccccc4)cc(-c4ccccc4)c3)c2)(c2cc(-c3cc(-c4ccccc4)cc(-c4ccccc4)c3)cc(-c3cc(-c4ccccc4)cc(-c4ccccc4)c3)c2)c2ccccc21. The topological polar surface area (TPSA) is 0 Å². The average Bonchev–Trinajstić information content (AvgIpc) is 1.51. The Hall–Kier alpha value is -12.5. The lowest BCUT2D eigenvalue weighted by Gasteiger charge is -2.36. The van der Waals surface area contributed by atoms with Crippen LogP contribution in [0.2, 0.25) is 0 Å². The highest BCUT2D eigenvalue weighted by Gasteiger charge is 2.48. The molecule has 0 fully saturated rings. The maximum atomic E-state index is 5.16. The Balaban J connectivity index is 1.05. The number of fused-ring (bicyclic) bond motifs is 1. The largest absolute Gasteiger partial charge is 0.0908 e. The second kappa shape index (κ2) is 26.7. The summed E-state index contributed by atoms with van der Waals surface area (Å²) in [5, 5.41) is 0. The first-order chi connectivity index (χ1) is 48.4. The fraction of sp³-hybridized carbons (Fsp3) is 0.0204. The normalized spacial score (nSPS) is 12.8. The predicted octanol–water partition coefficient (Wildman–Crippen LogP) is 26.6. The summed E-state index contributed by atoms with van der Waals surface area (Å²) in [5.74, 6) is 0. The van der Waals surface area contributed by atoms with Gasteiger partial charge in [-0.25, -0.2) is 0 Å². The minimum Gasteiger partial charge on any atom is -0.0908 e. The molecule has 15 aromatic carbocycles. The minimum absolute atomic E-state index is 0.972. The van der Waals surface area contributed by atoms with Gasteiger partial charge in [0.25, 0.3) is 0 Å². The molecule has 98 heavy (non-hydrogen) atoms. The Morgan fingerprint density at radius 1 is 0.214 bits per heavy atom. The van der Waals surface area contributed by atoms with E-state index in [2.05, 4.69) is 401 Å². The van der Waals surface area contributed by atoms with E-state index in [4.69, 9.17) is 6.58 Å². The summed E-state index contributed by atoms with van der Waals surface area (Å²) in [5.41, 5.74) is 32.9. The van der Waals surface area contributed by atoms with Crippen molar-refractivity contribution in [3.63, 3.8) is 0 Å². The Morgan fingerprint density at radius 3 is 0.612 bits per heavy atom. The van der Waals surface area contributed by atoms with E-state index >= 15 is 0 Å². The lowest BCUT2D eigenvalue weighted by atomic mass is 9.65. The zero-order valence-corrected chi connectivity index (χ0v) is 54.7. The number of benzene rings is 15. The maximum Gasteiger partial charge on any atom is 0.0714 e. The molecule has 0 aliphatic heterocycles. The summed E-state index contributed by atoms with van der Waals surface area (Å²) in [6.07, 6.45) is 6.71. The van der Waals surface area contributed by atoms with Gasteiger partial charge in [0, 0.05) is 0 Å². The van der Waals surface area contributed by atoms with E-state index < -0.39 is 5.41 Å². The third kappa shape index (κ3) is 11.9. The van der Waals surface area contributed by atoms with Crippen molar-refractivity contribution in [2.24, 2.45) is 0 Å². The van der Waals surface area contributed by atoms with Crippen LogP contribution in [0.25, 0.3) is 139 Å². The summed E-state index contributed by atoms with van der Waals surface area (Å²) in [4.78, 5) is 0. The van der Waals surface area contributed by atoms with Gasteiger partial charge in [-0.15, -0.1) is 0 Å². The van der Waals surface area contributed by atoms with Crippen molar-refractivity contribution in [1.82, 2.24) is 0 Å². The number of hydrogen-bond acceptors (Lipinski definition) is 0. The summed E-state index contributed by atoms with van der Waals surface area (Å²) < 4.78 is 0. The smallest absolute Gasteiger partial charge is 0.0714 e.